The molecule has 1 heterocycles. The van der Waals surface area contributed by atoms with Crippen LogP contribution in [-0.4, -0.2) is 13.2 Å². The summed E-state index contributed by atoms with van der Waals surface area (Å²) in [5, 5.41) is 0.524. The summed E-state index contributed by atoms with van der Waals surface area (Å²) < 4.78 is 66.9. The van der Waals surface area contributed by atoms with E-state index in [4.69, 9.17) is 15.9 Å². The SMILES string of the molecule is C#CC1COC(c2cc(F)c(C#Cc3ccc4c(F)c(F)ccc4c3)c(F)c2)OC1. The first-order valence-corrected chi connectivity index (χ1v) is 9.04. The second-order valence-electron chi connectivity index (χ2n) is 6.77. The molecule has 30 heavy (non-hydrogen) atoms. The summed E-state index contributed by atoms with van der Waals surface area (Å²) in [5.41, 5.74) is 0.173. The Kier molecular flexibility index (Phi) is 5.46. The molecular weight excluding hydrogens is 396 g/mol. The first kappa shape index (κ1) is 20.0. The standard InChI is InChI=1S/C24H14F4O2/c1-2-14-12-29-24(30-13-14)17-10-21(26)19(22(27)11-17)7-4-15-3-6-18-16(9-15)5-8-20(25)23(18)28/h1,3,5-6,8-11,14,24H,12-13H2. The second-order valence-corrected chi connectivity index (χ2v) is 6.77. The molecule has 150 valence electrons. The molecule has 0 amide bonds. The van der Waals surface area contributed by atoms with Gasteiger partial charge in [0, 0.05) is 16.5 Å². The molecule has 1 saturated heterocycles. The van der Waals surface area contributed by atoms with Crippen molar-refractivity contribution >= 4 is 10.8 Å². The van der Waals surface area contributed by atoms with Crippen molar-refractivity contribution in [3.8, 4) is 24.2 Å². The van der Waals surface area contributed by atoms with Gasteiger partial charge in [-0.25, -0.2) is 17.6 Å². The van der Waals surface area contributed by atoms with Crippen LogP contribution in [0.5, 0.6) is 0 Å². The van der Waals surface area contributed by atoms with Gasteiger partial charge in [-0.1, -0.05) is 29.9 Å². The van der Waals surface area contributed by atoms with Crippen LogP contribution in [0.1, 0.15) is 23.0 Å². The van der Waals surface area contributed by atoms with Crippen LogP contribution in [0, 0.1) is 53.4 Å². The molecule has 1 aliphatic heterocycles. The van der Waals surface area contributed by atoms with Crippen LogP contribution >= 0.6 is 0 Å². The summed E-state index contributed by atoms with van der Waals surface area (Å²) in [6.07, 6.45) is 4.39. The fourth-order valence-corrected chi connectivity index (χ4v) is 3.12. The Hall–Kier alpha value is -3.32. The fraction of sp³-hybridized carbons (Fsp3) is 0.167. The summed E-state index contributed by atoms with van der Waals surface area (Å²) in [4.78, 5) is 0. The Bertz CT molecular complexity index is 1200. The van der Waals surface area contributed by atoms with Crippen LogP contribution in [0.3, 0.4) is 0 Å². The number of ether oxygens (including phenoxy) is 2. The molecule has 0 saturated carbocycles. The third kappa shape index (κ3) is 3.89. The molecule has 2 nitrogen and oxygen atoms in total. The van der Waals surface area contributed by atoms with Crippen molar-refractivity contribution in [2.24, 2.45) is 5.92 Å². The van der Waals surface area contributed by atoms with Crippen LogP contribution in [0.4, 0.5) is 17.6 Å². The number of hydrogen-bond acceptors (Lipinski definition) is 2. The van der Waals surface area contributed by atoms with Crippen LogP contribution in [0.15, 0.2) is 42.5 Å². The second kappa shape index (κ2) is 8.20. The van der Waals surface area contributed by atoms with Gasteiger partial charge in [0.2, 0.25) is 0 Å². The van der Waals surface area contributed by atoms with E-state index in [0.717, 1.165) is 18.2 Å². The van der Waals surface area contributed by atoms with E-state index in [1.807, 2.05) is 0 Å². The molecule has 3 aromatic carbocycles. The lowest BCUT2D eigenvalue weighted by atomic mass is 10.1. The van der Waals surface area contributed by atoms with Gasteiger partial charge in [-0.05, 0) is 35.7 Å². The van der Waals surface area contributed by atoms with E-state index in [0.29, 0.717) is 10.9 Å². The largest absolute Gasteiger partial charge is 0.347 e. The van der Waals surface area contributed by atoms with Crippen LogP contribution < -0.4 is 0 Å². The zero-order valence-corrected chi connectivity index (χ0v) is 15.5. The van der Waals surface area contributed by atoms with E-state index in [9.17, 15) is 17.6 Å². The minimum Gasteiger partial charge on any atom is -0.347 e. The Balaban J connectivity index is 1.60. The summed E-state index contributed by atoms with van der Waals surface area (Å²) in [7, 11) is 0. The Morgan fingerprint density at radius 3 is 2.20 bits per heavy atom. The molecule has 4 rings (SSSR count). The minimum absolute atomic E-state index is 0.0989. The van der Waals surface area contributed by atoms with Gasteiger partial charge in [0.25, 0.3) is 0 Å². The van der Waals surface area contributed by atoms with Crippen molar-refractivity contribution in [2.45, 2.75) is 6.29 Å². The van der Waals surface area contributed by atoms with E-state index in [1.165, 1.54) is 24.3 Å². The number of hydrogen-bond donors (Lipinski definition) is 0. The predicted molar refractivity (Wildman–Crippen MR) is 103 cm³/mol. The molecule has 3 aromatic rings. The Labute approximate surface area is 170 Å². The zero-order chi connectivity index (χ0) is 21.3. The highest BCUT2D eigenvalue weighted by Crippen LogP contribution is 2.28. The highest BCUT2D eigenvalue weighted by molar-refractivity contribution is 5.84. The molecule has 0 spiro atoms. The molecule has 0 aromatic heterocycles. The summed E-state index contributed by atoms with van der Waals surface area (Å²) in [6.45, 7) is 0.469. The topological polar surface area (TPSA) is 18.5 Å². The number of rotatable bonds is 1. The molecule has 6 heteroatoms. The van der Waals surface area contributed by atoms with Crippen molar-refractivity contribution in [2.75, 3.05) is 13.2 Å². The predicted octanol–water partition coefficient (Wildman–Crippen LogP) is 5.09. The van der Waals surface area contributed by atoms with Crippen molar-refractivity contribution in [1.82, 2.24) is 0 Å². The Morgan fingerprint density at radius 2 is 1.53 bits per heavy atom. The van der Waals surface area contributed by atoms with Gasteiger partial charge in [-0.3, -0.25) is 0 Å². The molecule has 0 radical (unpaired) electrons. The van der Waals surface area contributed by atoms with Crippen molar-refractivity contribution in [1.29, 1.82) is 0 Å². The summed E-state index contributed by atoms with van der Waals surface area (Å²) in [6, 6.07) is 8.96. The smallest absolute Gasteiger partial charge is 0.184 e. The average molecular weight is 410 g/mol. The van der Waals surface area contributed by atoms with Gasteiger partial charge >= 0.3 is 0 Å². The normalized spacial score (nSPS) is 18.5. The monoisotopic (exact) mass is 410 g/mol. The Morgan fingerprint density at radius 1 is 0.833 bits per heavy atom. The minimum atomic E-state index is -0.958. The summed E-state index contributed by atoms with van der Waals surface area (Å²) >= 11 is 0. The van der Waals surface area contributed by atoms with Gasteiger partial charge in [-0.15, -0.1) is 6.42 Å². The molecular formula is C24H14F4O2. The number of halogens is 4. The van der Waals surface area contributed by atoms with Gasteiger partial charge in [0.1, 0.15) is 11.6 Å². The average Bonchev–Trinajstić information content (AvgIpc) is 2.75. The number of benzene rings is 3. The van der Waals surface area contributed by atoms with Crippen LogP contribution in [0.25, 0.3) is 10.8 Å². The van der Waals surface area contributed by atoms with Crippen molar-refractivity contribution in [3.05, 3.63) is 82.4 Å². The highest BCUT2D eigenvalue weighted by atomic mass is 19.2. The van der Waals surface area contributed by atoms with Crippen LogP contribution in [-0.2, 0) is 9.47 Å². The highest BCUT2D eigenvalue weighted by Gasteiger charge is 2.24. The molecule has 1 aliphatic rings. The number of terminal acetylenes is 1. The van der Waals surface area contributed by atoms with E-state index < -0.39 is 35.1 Å². The van der Waals surface area contributed by atoms with Crippen LogP contribution in [0.2, 0.25) is 0 Å². The van der Waals surface area contributed by atoms with E-state index in [2.05, 4.69) is 17.8 Å². The lowest BCUT2D eigenvalue weighted by Gasteiger charge is -2.27. The number of fused-ring (bicyclic) bond motifs is 1. The lowest BCUT2D eigenvalue weighted by molar-refractivity contribution is -0.196. The molecule has 0 unspecified atom stereocenters. The fourth-order valence-electron chi connectivity index (χ4n) is 3.12. The maximum atomic E-state index is 14.5. The molecule has 1 fully saturated rings. The molecule has 0 atom stereocenters. The van der Waals surface area contributed by atoms with Gasteiger partial charge in [0.05, 0.1) is 24.7 Å². The maximum Gasteiger partial charge on any atom is 0.184 e. The maximum absolute atomic E-state index is 14.5. The van der Waals surface area contributed by atoms with Crippen molar-refractivity contribution in [3.63, 3.8) is 0 Å². The van der Waals surface area contributed by atoms with Gasteiger partial charge < -0.3 is 9.47 Å². The summed E-state index contributed by atoms with van der Waals surface area (Å²) in [5.74, 6) is 3.77. The quantitative estimate of drug-likeness (QED) is 0.411. The van der Waals surface area contributed by atoms with E-state index >= 15 is 0 Å². The zero-order valence-electron chi connectivity index (χ0n) is 15.5. The van der Waals surface area contributed by atoms with E-state index in [-0.39, 0.29) is 30.1 Å². The third-order valence-electron chi connectivity index (χ3n) is 4.71. The first-order chi connectivity index (χ1) is 14.5. The molecule has 0 aliphatic carbocycles. The van der Waals surface area contributed by atoms with Gasteiger partial charge in [-0.2, -0.15) is 0 Å². The molecule has 0 bridgehead atoms. The lowest BCUT2D eigenvalue weighted by Crippen LogP contribution is -2.26. The van der Waals surface area contributed by atoms with Gasteiger partial charge in [0.15, 0.2) is 17.9 Å². The van der Waals surface area contributed by atoms with Crippen molar-refractivity contribution < 1.29 is 27.0 Å². The third-order valence-corrected chi connectivity index (χ3v) is 4.71. The first-order valence-electron chi connectivity index (χ1n) is 9.04. The van der Waals surface area contributed by atoms with E-state index in [1.54, 1.807) is 0 Å². The molecule has 0 N–H and O–H groups in total.